The molecule has 2 rings (SSSR count). The Labute approximate surface area is 148 Å². The number of nitrogens with one attached hydrogen (secondary N) is 2. The number of hydrogen-bond acceptors (Lipinski definition) is 4. The number of amides is 1. The molecule has 2 unspecified atom stereocenters. The molecule has 1 saturated heterocycles. The maximum atomic E-state index is 11.1. The fraction of sp³-hybridized carbons (Fsp3) is 0.368. The number of rotatable bonds is 7. The summed E-state index contributed by atoms with van der Waals surface area (Å²) in [6.07, 6.45) is 18.7. The van der Waals surface area contributed by atoms with Crippen LogP contribution in [0.5, 0.6) is 0 Å². The van der Waals surface area contributed by atoms with Crippen molar-refractivity contribution in [2.45, 2.75) is 19.8 Å². The van der Waals surface area contributed by atoms with Crippen molar-refractivity contribution in [1.82, 2.24) is 10.4 Å². The first-order chi connectivity index (χ1) is 12.1. The van der Waals surface area contributed by atoms with Crippen molar-refractivity contribution in [1.29, 1.82) is 5.41 Å². The monoisotopic (exact) mass is 343 g/mol. The molecule has 1 heterocycles. The third-order valence-electron chi connectivity index (χ3n) is 4.51. The van der Waals surface area contributed by atoms with Crippen LogP contribution in [0.3, 0.4) is 0 Å². The molecule has 0 aromatic heterocycles. The first-order valence-corrected chi connectivity index (χ1v) is 8.60. The fourth-order valence-electron chi connectivity index (χ4n) is 3.13. The normalized spacial score (nSPS) is 25.1. The van der Waals surface area contributed by atoms with Gasteiger partial charge in [-0.1, -0.05) is 25.2 Å². The van der Waals surface area contributed by atoms with Gasteiger partial charge in [0.15, 0.2) is 0 Å². The van der Waals surface area contributed by atoms with E-state index in [1.54, 1.807) is 17.6 Å². The van der Waals surface area contributed by atoms with E-state index in [2.05, 4.69) is 30.2 Å². The number of nitrogens with zero attached hydrogens (tertiary/aromatic N) is 1. The summed E-state index contributed by atoms with van der Waals surface area (Å²) in [5.74, 6) is 0.289. The SMILES string of the molecule is CC1C=C(/C=C/C(=O)NO)C=CC1CN1CCC/C1=C\[NH2+]/C=C\C=N. The van der Waals surface area contributed by atoms with E-state index in [1.165, 1.54) is 24.4 Å². The minimum atomic E-state index is -0.524. The van der Waals surface area contributed by atoms with Gasteiger partial charge in [0.2, 0.25) is 0 Å². The molecule has 0 aromatic carbocycles. The van der Waals surface area contributed by atoms with E-state index in [9.17, 15) is 4.79 Å². The predicted molar refractivity (Wildman–Crippen MR) is 97.7 cm³/mol. The van der Waals surface area contributed by atoms with Crippen molar-refractivity contribution in [3.05, 3.63) is 60.1 Å². The Morgan fingerprint density at radius 2 is 2.40 bits per heavy atom. The molecule has 2 atom stereocenters. The average Bonchev–Trinajstić information content (AvgIpc) is 3.05. The number of hydrogen-bond donors (Lipinski definition) is 4. The highest BCUT2D eigenvalue weighted by Crippen LogP contribution is 2.28. The van der Waals surface area contributed by atoms with Crippen LogP contribution in [0.4, 0.5) is 0 Å². The van der Waals surface area contributed by atoms with E-state index in [0.29, 0.717) is 11.8 Å². The van der Waals surface area contributed by atoms with Crippen molar-refractivity contribution in [2.75, 3.05) is 13.1 Å². The number of hydroxylamine groups is 1. The van der Waals surface area contributed by atoms with Gasteiger partial charge >= 0.3 is 0 Å². The predicted octanol–water partition coefficient (Wildman–Crippen LogP) is 1.46. The Hall–Kier alpha value is -2.44. The van der Waals surface area contributed by atoms with Gasteiger partial charge in [-0.15, -0.1) is 0 Å². The highest BCUT2D eigenvalue weighted by molar-refractivity contribution is 5.87. The lowest BCUT2D eigenvalue weighted by molar-refractivity contribution is -0.515. The number of carbonyl (C=O) groups excluding carboxylic acids is 1. The maximum Gasteiger partial charge on any atom is 0.267 e. The molecule has 25 heavy (non-hydrogen) atoms. The van der Waals surface area contributed by atoms with Gasteiger partial charge in [0, 0.05) is 37.4 Å². The number of nitrogens with two attached hydrogens (primary N) is 1. The molecular weight excluding hydrogens is 316 g/mol. The summed E-state index contributed by atoms with van der Waals surface area (Å²) in [5, 5.41) is 17.5. The van der Waals surface area contributed by atoms with Gasteiger partial charge in [-0.25, -0.2) is 5.48 Å². The van der Waals surface area contributed by atoms with Gasteiger partial charge in [-0.3, -0.25) is 15.3 Å². The molecule has 0 spiro atoms. The maximum absolute atomic E-state index is 11.1. The van der Waals surface area contributed by atoms with E-state index in [1.807, 2.05) is 17.6 Å². The van der Waals surface area contributed by atoms with Crippen LogP contribution in [0.1, 0.15) is 19.8 Å². The Kier molecular flexibility index (Phi) is 7.37. The first-order valence-electron chi connectivity index (χ1n) is 8.60. The number of quaternary nitrogens is 1. The quantitative estimate of drug-likeness (QED) is 0.244. The summed E-state index contributed by atoms with van der Waals surface area (Å²) in [6.45, 7) is 4.25. The Morgan fingerprint density at radius 3 is 3.12 bits per heavy atom. The van der Waals surface area contributed by atoms with Crippen LogP contribution >= 0.6 is 0 Å². The summed E-state index contributed by atoms with van der Waals surface area (Å²) >= 11 is 0. The molecular formula is C19H27N4O2+. The highest BCUT2D eigenvalue weighted by atomic mass is 16.5. The second-order valence-electron chi connectivity index (χ2n) is 6.31. The summed E-state index contributed by atoms with van der Waals surface area (Å²) in [5.41, 5.74) is 3.92. The van der Waals surface area contributed by atoms with Gasteiger partial charge < -0.3 is 10.3 Å². The zero-order chi connectivity index (χ0) is 18.1. The van der Waals surface area contributed by atoms with Crippen molar-refractivity contribution in [2.24, 2.45) is 11.8 Å². The van der Waals surface area contributed by atoms with Crippen molar-refractivity contribution in [3.8, 4) is 0 Å². The molecule has 1 amide bonds. The van der Waals surface area contributed by atoms with E-state index >= 15 is 0 Å². The lowest BCUT2D eigenvalue weighted by Gasteiger charge is -2.28. The molecule has 6 heteroatoms. The van der Waals surface area contributed by atoms with Gasteiger partial charge in [0.05, 0.1) is 11.9 Å². The summed E-state index contributed by atoms with van der Waals surface area (Å²) in [7, 11) is 0. The van der Waals surface area contributed by atoms with Gasteiger partial charge in [0.1, 0.15) is 6.20 Å². The smallest absolute Gasteiger partial charge is 0.267 e. The Morgan fingerprint density at radius 1 is 1.56 bits per heavy atom. The van der Waals surface area contributed by atoms with E-state index in [-0.39, 0.29) is 0 Å². The second-order valence-corrected chi connectivity index (χ2v) is 6.31. The lowest BCUT2D eigenvalue weighted by Crippen LogP contribution is -2.71. The zero-order valence-corrected chi connectivity index (χ0v) is 14.6. The van der Waals surface area contributed by atoms with E-state index in [0.717, 1.165) is 25.1 Å². The summed E-state index contributed by atoms with van der Waals surface area (Å²) in [6, 6.07) is 0. The highest BCUT2D eigenvalue weighted by Gasteiger charge is 2.24. The van der Waals surface area contributed by atoms with Crippen LogP contribution in [0.25, 0.3) is 0 Å². The van der Waals surface area contributed by atoms with Crippen LogP contribution < -0.4 is 10.8 Å². The minimum Gasteiger partial charge on any atom is -0.370 e. The second kappa shape index (κ2) is 9.76. The zero-order valence-electron chi connectivity index (χ0n) is 14.6. The molecule has 0 saturated carbocycles. The summed E-state index contributed by atoms with van der Waals surface area (Å²) in [4.78, 5) is 13.5. The van der Waals surface area contributed by atoms with Crippen LogP contribution in [-0.2, 0) is 4.79 Å². The van der Waals surface area contributed by atoms with Gasteiger partial charge in [0.25, 0.3) is 5.91 Å². The molecule has 0 radical (unpaired) electrons. The van der Waals surface area contributed by atoms with Gasteiger partial charge in [-0.05, 0) is 30.4 Å². The molecule has 1 fully saturated rings. The largest absolute Gasteiger partial charge is 0.370 e. The molecule has 2 aliphatic rings. The van der Waals surface area contributed by atoms with Crippen molar-refractivity contribution >= 4 is 12.1 Å². The number of carbonyl (C=O) groups is 1. The Bertz CT molecular complexity index is 631. The topological polar surface area (TPSA) is 93.0 Å². The van der Waals surface area contributed by atoms with Crippen LogP contribution in [0.2, 0.25) is 0 Å². The molecule has 1 aliphatic heterocycles. The molecule has 1 aliphatic carbocycles. The average molecular weight is 343 g/mol. The first kappa shape index (κ1) is 18.9. The third kappa shape index (κ3) is 5.85. The molecule has 0 aromatic rings. The third-order valence-corrected chi connectivity index (χ3v) is 4.51. The fourth-order valence-corrected chi connectivity index (χ4v) is 3.13. The molecule has 5 N–H and O–H groups in total. The van der Waals surface area contributed by atoms with Crippen LogP contribution in [-0.4, -0.2) is 35.3 Å². The number of likely N-dealkylation sites (tertiary alicyclic amines) is 1. The summed E-state index contributed by atoms with van der Waals surface area (Å²) < 4.78 is 0. The van der Waals surface area contributed by atoms with E-state index in [4.69, 9.17) is 10.6 Å². The van der Waals surface area contributed by atoms with Crippen molar-refractivity contribution in [3.63, 3.8) is 0 Å². The minimum absolute atomic E-state index is 0.380. The number of allylic oxidation sites excluding steroid dienone is 6. The standard InChI is InChI=1S/C19H26N4O2/c1-15-12-16(6-8-19(24)22-25)5-7-17(15)14-23-11-2-4-18(23)13-21-10-3-9-20/h3,5-10,12-13,15,17,20-21,25H,2,4,11,14H2,1H3,(H,22,24)/p+1/b8-6+,10-3-,18-13+,20-9?. The molecule has 0 bridgehead atoms. The molecule has 6 nitrogen and oxygen atoms in total. The van der Waals surface area contributed by atoms with Crippen LogP contribution in [0, 0.1) is 17.2 Å². The van der Waals surface area contributed by atoms with Crippen LogP contribution in [0.15, 0.2) is 60.1 Å². The lowest BCUT2D eigenvalue weighted by atomic mass is 9.86. The van der Waals surface area contributed by atoms with Gasteiger partial charge in [-0.2, -0.15) is 0 Å². The van der Waals surface area contributed by atoms with E-state index < -0.39 is 5.91 Å². The Balaban J connectivity index is 1.93. The van der Waals surface area contributed by atoms with Crippen molar-refractivity contribution < 1.29 is 15.3 Å². The molecule has 134 valence electrons.